The number of hydrogen-bond donors (Lipinski definition) is 4. The Morgan fingerprint density at radius 1 is 1.21 bits per heavy atom. The fraction of sp³-hybridized carbons (Fsp3) is 0.480. The normalized spacial score (nSPS) is 13.8. The Hall–Kier alpha value is -2.23. The zero-order valence-corrected chi connectivity index (χ0v) is 20.6. The number of ether oxygens (including phenoxy) is 1. The van der Waals surface area contributed by atoms with Crippen LogP contribution in [0.2, 0.25) is 0 Å². The van der Waals surface area contributed by atoms with Crippen molar-refractivity contribution in [2.75, 3.05) is 33.9 Å². The van der Waals surface area contributed by atoms with E-state index in [1.807, 2.05) is 0 Å². The van der Waals surface area contributed by atoms with E-state index in [9.17, 15) is 15.0 Å². The highest BCUT2D eigenvalue weighted by atomic mass is 32.1. The van der Waals surface area contributed by atoms with Gasteiger partial charge in [0.2, 0.25) is 0 Å². The average molecular weight is 474 g/mol. The number of aliphatic hydroxyl groups is 1. The van der Waals surface area contributed by atoms with E-state index in [4.69, 9.17) is 4.74 Å². The molecular weight excluding hydrogens is 438 g/mol. The molecule has 0 fully saturated rings. The number of phenolic OH excluding ortho intramolecular Hbond substituents is 1. The van der Waals surface area contributed by atoms with Crippen molar-refractivity contribution in [2.24, 2.45) is 5.92 Å². The molecule has 2 atom stereocenters. The summed E-state index contributed by atoms with van der Waals surface area (Å²) < 4.78 is 5.99. The van der Waals surface area contributed by atoms with Crippen molar-refractivity contribution < 1.29 is 14.9 Å². The van der Waals surface area contributed by atoms with Gasteiger partial charge < -0.3 is 25.3 Å². The summed E-state index contributed by atoms with van der Waals surface area (Å²) in [4.78, 5) is 16.4. The Balaban J connectivity index is 1.53. The minimum atomic E-state index is -0.770. The summed E-state index contributed by atoms with van der Waals surface area (Å²) in [7, 11) is 3.89. The van der Waals surface area contributed by atoms with E-state index in [-0.39, 0.29) is 10.6 Å². The van der Waals surface area contributed by atoms with Gasteiger partial charge in [0.05, 0.1) is 17.4 Å². The molecule has 0 saturated heterocycles. The predicted molar refractivity (Wildman–Crippen MR) is 134 cm³/mol. The molecule has 0 spiro atoms. The first-order valence-electron chi connectivity index (χ1n) is 11.3. The van der Waals surface area contributed by atoms with E-state index in [2.05, 4.69) is 60.4 Å². The van der Waals surface area contributed by atoms with Gasteiger partial charge in [0.15, 0.2) is 0 Å². The smallest absolute Gasteiger partial charge is 0.305 e. The van der Waals surface area contributed by atoms with Crippen LogP contribution >= 0.6 is 11.3 Å². The number of nitrogens with one attached hydrogen (secondary N) is 2. The van der Waals surface area contributed by atoms with Crippen LogP contribution in [0.25, 0.3) is 10.2 Å². The van der Waals surface area contributed by atoms with Gasteiger partial charge in [-0.25, -0.2) is 0 Å². The number of aromatic hydroxyl groups is 1. The van der Waals surface area contributed by atoms with Crippen LogP contribution in [-0.4, -0.2) is 60.0 Å². The molecule has 33 heavy (non-hydrogen) atoms. The lowest BCUT2D eigenvalue weighted by atomic mass is 10.0. The Morgan fingerprint density at radius 2 is 1.97 bits per heavy atom. The van der Waals surface area contributed by atoms with Gasteiger partial charge in [-0.05, 0) is 43.1 Å². The monoisotopic (exact) mass is 473 g/mol. The van der Waals surface area contributed by atoms with E-state index in [0.29, 0.717) is 40.9 Å². The third kappa shape index (κ3) is 6.65. The zero-order chi connectivity index (χ0) is 24.0. The zero-order valence-electron chi connectivity index (χ0n) is 19.8. The van der Waals surface area contributed by atoms with E-state index in [1.165, 1.54) is 17.2 Å². The van der Waals surface area contributed by atoms with Gasteiger partial charge in [0, 0.05) is 31.8 Å². The van der Waals surface area contributed by atoms with Crippen molar-refractivity contribution in [1.29, 1.82) is 0 Å². The maximum absolute atomic E-state index is 11.7. The van der Waals surface area contributed by atoms with E-state index in [1.54, 1.807) is 13.2 Å². The molecule has 7 nitrogen and oxygen atoms in total. The molecule has 3 aromatic rings. The summed E-state index contributed by atoms with van der Waals surface area (Å²) >= 11 is 1.000. The number of thiazole rings is 1. The molecule has 3 rings (SSSR count). The number of phenols is 1. The number of benzene rings is 2. The Kier molecular flexibility index (Phi) is 9.05. The second kappa shape index (κ2) is 11.8. The fourth-order valence-electron chi connectivity index (χ4n) is 4.17. The third-order valence-electron chi connectivity index (χ3n) is 5.97. The van der Waals surface area contributed by atoms with Gasteiger partial charge in [0.25, 0.3) is 0 Å². The SMILES string of the molecule is COCC(C(C)C)N(C)Cc1cccc(CCNC[C@H](O)c2ccc(O)c3[nH]c(=O)sc23)c1. The summed E-state index contributed by atoms with van der Waals surface area (Å²) in [6.07, 6.45) is 0.0756. The average Bonchev–Trinajstić information content (AvgIpc) is 3.17. The Labute approximate surface area is 199 Å². The van der Waals surface area contributed by atoms with Crippen molar-refractivity contribution in [3.63, 3.8) is 0 Å². The molecule has 180 valence electrons. The first kappa shape index (κ1) is 25.4. The molecule has 0 radical (unpaired) electrons. The minimum Gasteiger partial charge on any atom is -0.506 e. The topological polar surface area (TPSA) is 97.8 Å². The number of nitrogens with zero attached hydrogens (tertiary/aromatic N) is 1. The molecular formula is C25H35N3O4S. The molecule has 4 N–H and O–H groups in total. The van der Waals surface area contributed by atoms with Crippen LogP contribution in [0, 0.1) is 5.92 Å². The lowest BCUT2D eigenvalue weighted by Gasteiger charge is -2.30. The largest absolute Gasteiger partial charge is 0.506 e. The quantitative estimate of drug-likeness (QED) is 0.302. The highest BCUT2D eigenvalue weighted by Crippen LogP contribution is 2.31. The number of hydrogen-bond acceptors (Lipinski definition) is 7. The summed E-state index contributed by atoms with van der Waals surface area (Å²) in [6, 6.07) is 12.1. The molecule has 0 aliphatic rings. The van der Waals surface area contributed by atoms with E-state index in [0.717, 1.165) is 30.8 Å². The van der Waals surface area contributed by atoms with Crippen LogP contribution in [0.1, 0.15) is 36.6 Å². The Bertz CT molecular complexity index is 1090. The maximum Gasteiger partial charge on any atom is 0.305 e. The number of likely N-dealkylation sites (N-methyl/N-ethyl adjacent to an activating group) is 1. The van der Waals surface area contributed by atoms with Crippen molar-refractivity contribution in [3.05, 3.63) is 62.8 Å². The number of aromatic nitrogens is 1. The van der Waals surface area contributed by atoms with Gasteiger partial charge in [-0.3, -0.25) is 9.69 Å². The third-order valence-corrected chi connectivity index (χ3v) is 6.90. The first-order chi connectivity index (χ1) is 15.8. The van der Waals surface area contributed by atoms with Crippen LogP contribution in [0.15, 0.2) is 41.2 Å². The molecule has 2 aromatic carbocycles. The predicted octanol–water partition coefficient (Wildman–Crippen LogP) is 3.26. The molecule has 0 bridgehead atoms. The molecule has 0 aliphatic heterocycles. The van der Waals surface area contributed by atoms with Crippen LogP contribution in [0.4, 0.5) is 0 Å². The van der Waals surface area contributed by atoms with Crippen LogP contribution in [0.3, 0.4) is 0 Å². The van der Waals surface area contributed by atoms with Crippen molar-refractivity contribution >= 4 is 21.6 Å². The fourth-order valence-corrected chi connectivity index (χ4v) is 5.09. The number of rotatable bonds is 12. The van der Waals surface area contributed by atoms with E-state index < -0.39 is 6.10 Å². The van der Waals surface area contributed by atoms with Gasteiger partial charge in [-0.2, -0.15) is 0 Å². The second-order valence-electron chi connectivity index (χ2n) is 8.86. The summed E-state index contributed by atoms with van der Waals surface area (Å²) in [5.74, 6) is 0.524. The Morgan fingerprint density at radius 3 is 2.70 bits per heavy atom. The molecule has 0 amide bonds. The molecule has 8 heteroatoms. The standard InChI is InChI=1S/C25H35N3O4S/c1-16(2)20(15-32-4)28(3)14-18-7-5-6-17(12-18)10-11-26-13-22(30)19-8-9-21(29)23-24(19)33-25(31)27-23/h5-9,12,16,20,22,26,29-30H,10-11,13-15H2,1-4H3,(H,27,31)/t20?,22-/m0/s1. The molecule has 0 aliphatic carbocycles. The molecule has 0 saturated carbocycles. The van der Waals surface area contributed by atoms with Crippen LogP contribution < -0.4 is 10.2 Å². The maximum atomic E-state index is 11.7. The lowest BCUT2D eigenvalue weighted by molar-refractivity contribution is 0.0762. The summed E-state index contributed by atoms with van der Waals surface area (Å²) in [5, 5.41) is 23.9. The number of H-pyrrole nitrogens is 1. The van der Waals surface area contributed by atoms with Crippen LogP contribution in [0.5, 0.6) is 5.75 Å². The van der Waals surface area contributed by atoms with Gasteiger partial charge >= 0.3 is 4.87 Å². The number of methoxy groups -OCH3 is 1. The second-order valence-corrected chi connectivity index (χ2v) is 9.85. The minimum absolute atomic E-state index is 0.0136. The first-order valence-corrected chi connectivity index (χ1v) is 12.1. The highest BCUT2D eigenvalue weighted by molar-refractivity contribution is 7.16. The van der Waals surface area contributed by atoms with Crippen molar-refractivity contribution in [3.8, 4) is 5.75 Å². The van der Waals surface area contributed by atoms with Crippen LogP contribution in [-0.2, 0) is 17.7 Å². The molecule has 1 heterocycles. The number of aliphatic hydroxyl groups excluding tert-OH is 1. The highest BCUT2D eigenvalue weighted by Gasteiger charge is 2.19. The van der Waals surface area contributed by atoms with E-state index >= 15 is 0 Å². The molecule has 1 aromatic heterocycles. The van der Waals surface area contributed by atoms with Gasteiger partial charge in [0.1, 0.15) is 11.3 Å². The molecule has 1 unspecified atom stereocenters. The van der Waals surface area contributed by atoms with Gasteiger partial charge in [-0.1, -0.05) is 55.5 Å². The summed E-state index contributed by atoms with van der Waals surface area (Å²) in [5.41, 5.74) is 3.53. The van der Waals surface area contributed by atoms with Crippen molar-refractivity contribution in [1.82, 2.24) is 15.2 Å². The lowest BCUT2D eigenvalue weighted by Crippen LogP contribution is -2.39. The number of aromatic amines is 1. The van der Waals surface area contributed by atoms with Gasteiger partial charge in [-0.15, -0.1) is 0 Å². The van der Waals surface area contributed by atoms with Crippen molar-refractivity contribution in [2.45, 2.75) is 39.0 Å². The number of fused-ring (bicyclic) bond motifs is 1. The summed E-state index contributed by atoms with van der Waals surface area (Å²) in [6.45, 7) is 7.10.